The van der Waals surface area contributed by atoms with Crippen LogP contribution in [0.2, 0.25) is 0 Å². The van der Waals surface area contributed by atoms with Crippen LogP contribution in [0.1, 0.15) is 12.0 Å². The van der Waals surface area contributed by atoms with E-state index in [1.165, 1.54) is 24.3 Å². The summed E-state index contributed by atoms with van der Waals surface area (Å²) in [6.07, 6.45) is -4.14. The third-order valence-electron chi connectivity index (χ3n) is 6.47. The lowest BCUT2D eigenvalue weighted by Crippen LogP contribution is -2.62. The Hall–Kier alpha value is -3.26. The van der Waals surface area contributed by atoms with Crippen LogP contribution in [0.15, 0.2) is 54.8 Å². The molecule has 0 aliphatic carbocycles. The molecule has 0 unspecified atom stereocenters. The predicted molar refractivity (Wildman–Crippen MR) is 123 cm³/mol. The van der Waals surface area contributed by atoms with E-state index in [0.717, 1.165) is 12.3 Å². The molecule has 12 heteroatoms. The Morgan fingerprint density at radius 3 is 2.59 bits per heavy atom. The highest BCUT2D eigenvalue weighted by Gasteiger charge is 2.55. The predicted octanol–water partition coefficient (Wildman–Crippen LogP) is -0.507. The van der Waals surface area contributed by atoms with Gasteiger partial charge in [-0.25, -0.2) is 9.59 Å². The summed E-state index contributed by atoms with van der Waals surface area (Å²) in [5.74, 6) is -2.53. The Morgan fingerprint density at radius 1 is 1.19 bits per heavy atom. The number of rotatable bonds is 7. The fraction of sp³-hybridized carbons (Fsp3) is 0.440. The summed E-state index contributed by atoms with van der Waals surface area (Å²) in [5, 5.41) is 51.6. The number of carbonyl (C=O) groups is 2. The maximum atomic E-state index is 12.3. The molecular weight excluding hydrogens is 492 g/mol. The third-order valence-corrected chi connectivity index (χ3v) is 6.47. The van der Waals surface area contributed by atoms with E-state index < -0.39 is 67.1 Å². The molecule has 0 amide bonds. The fourth-order valence-electron chi connectivity index (χ4n) is 4.42. The number of fused-ring (bicyclic) bond motifs is 1. The Balaban J connectivity index is 1.44. The van der Waals surface area contributed by atoms with Crippen molar-refractivity contribution in [2.24, 2.45) is 5.92 Å². The Kier molecular flexibility index (Phi) is 7.97. The highest BCUT2D eigenvalue weighted by Crippen LogP contribution is 2.42. The number of aliphatic hydroxyl groups excluding tert-OH is 3. The Bertz CT molecular complexity index is 1060. The number of hydrogen-bond donors (Lipinski definition) is 5. The molecule has 0 bridgehead atoms. The number of hydrogen-bond acceptors (Lipinski definition) is 12. The molecule has 2 fully saturated rings. The zero-order valence-electron chi connectivity index (χ0n) is 19.6. The molecule has 4 rings (SSSR count). The topological polar surface area (TPSA) is 181 Å². The molecule has 3 heterocycles. The molecule has 37 heavy (non-hydrogen) atoms. The lowest BCUT2D eigenvalue weighted by molar-refractivity contribution is -0.344. The van der Waals surface area contributed by atoms with E-state index in [9.17, 15) is 35.1 Å². The van der Waals surface area contributed by atoms with Gasteiger partial charge in [-0.05, 0) is 23.8 Å². The van der Waals surface area contributed by atoms with Gasteiger partial charge in [0.2, 0.25) is 6.29 Å². The average Bonchev–Trinajstić information content (AvgIpc) is 2.87. The fourth-order valence-corrected chi connectivity index (χ4v) is 4.42. The number of benzene rings is 1. The smallest absolute Gasteiger partial charge is 0.340 e. The standard InChI is InChI=1S/C25H28O12/c1-2-15-23(34-12-16-22(31)33-10-9-25(15,16)32)37-24-20(30)19(29)21(17(11-26)35-24)36-18(28)8-5-13-3-6-14(27)7-4-13/h2-8,12,15,17,19-21,23-24,26-27,29-30,32H,1,9-11H2/b8-5+/t15-,17+,19+,20+,21+,23-,24-,25+/m0/s1. The highest BCUT2D eigenvalue weighted by molar-refractivity contribution is 5.91. The molecular formula is C25H28O12. The van der Waals surface area contributed by atoms with Crippen molar-refractivity contribution in [3.05, 3.63) is 60.4 Å². The summed E-state index contributed by atoms with van der Waals surface area (Å²) in [7, 11) is 0. The lowest BCUT2D eigenvalue weighted by Gasteiger charge is -2.46. The zero-order chi connectivity index (χ0) is 26.7. The van der Waals surface area contributed by atoms with E-state index in [2.05, 4.69) is 6.58 Å². The number of aromatic hydroxyl groups is 1. The summed E-state index contributed by atoms with van der Waals surface area (Å²) >= 11 is 0. The van der Waals surface area contributed by atoms with Crippen LogP contribution in [0.3, 0.4) is 0 Å². The summed E-state index contributed by atoms with van der Waals surface area (Å²) in [6, 6.07) is 6.00. The molecule has 0 saturated carbocycles. The Labute approximate surface area is 211 Å². The second-order valence-corrected chi connectivity index (χ2v) is 8.78. The monoisotopic (exact) mass is 520 g/mol. The second-order valence-electron chi connectivity index (χ2n) is 8.78. The summed E-state index contributed by atoms with van der Waals surface area (Å²) < 4.78 is 26.9. The quantitative estimate of drug-likeness (QED) is 0.177. The molecule has 2 saturated heterocycles. The lowest BCUT2D eigenvalue weighted by atomic mass is 9.76. The van der Waals surface area contributed by atoms with E-state index in [-0.39, 0.29) is 24.4 Å². The molecule has 200 valence electrons. The molecule has 0 radical (unpaired) electrons. The van der Waals surface area contributed by atoms with Gasteiger partial charge in [0.05, 0.1) is 25.4 Å². The third kappa shape index (κ3) is 5.39. The van der Waals surface area contributed by atoms with Gasteiger partial charge in [-0.1, -0.05) is 18.2 Å². The summed E-state index contributed by atoms with van der Waals surface area (Å²) in [4.78, 5) is 24.4. The van der Waals surface area contributed by atoms with Gasteiger partial charge in [-0.3, -0.25) is 0 Å². The first kappa shape index (κ1) is 26.8. The number of phenols is 1. The maximum Gasteiger partial charge on any atom is 0.340 e. The van der Waals surface area contributed by atoms with Crippen LogP contribution in [0.25, 0.3) is 6.08 Å². The number of cyclic esters (lactones) is 1. The van der Waals surface area contributed by atoms with Crippen LogP contribution >= 0.6 is 0 Å². The SMILES string of the molecule is C=C[C@H]1[C@H](O[C@@H]2O[C@H](CO)[C@@H](OC(=O)/C=C/c3ccc(O)cc3)[C@H](O)[C@H]2O)OC=C2C(=O)OCC[C@]21O. The highest BCUT2D eigenvalue weighted by atomic mass is 16.8. The van der Waals surface area contributed by atoms with Crippen molar-refractivity contribution in [1.29, 1.82) is 0 Å². The first-order chi connectivity index (χ1) is 17.7. The van der Waals surface area contributed by atoms with Crippen LogP contribution in [-0.4, -0.2) is 93.3 Å². The van der Waals surface area contributed by atoms with Crippen molar-refractivity contribution < 1.29 is 58.8 Å². The van der Waals surface area contributed by atoms with Crippen LogP contribution in [0, 0.1) is 5.92 Å². The summed E-state index contributed by atoms with van der Waals surface area (Å²) in [6.45, 7) is 2.94. The van der Waals surface area contributed by atoms with Crippen molar-refractivity contribution in [1.82, 2.24) is 0 Å². The molecule has 1 aromatic rings. The molecule has 1 aromatic carbocycles. The van der Waals surface area contributed by atoms with Gasteiger partial charge in [0.15, 0.2) is 12.4 Å². The minimum Gasteiger partial charge on any atom is -0.508 e. The number of carbonyl (C=O) groups excluding carboxylic acids is 2. The molecule has 8 atom stereocenters. The molecule has 0 aromatic heterocycles. The maximum absolute atomic E-state index is 12.3. The van der Waals surface area contributed by atoms with Gasteiger partial charge in [0.1, 0.15) is 35.2 Å². The van der Waals surface area contributed by atoms with Crippen molar-refractivity contribution in [3.63, 3.8) is 0 Å². The van der Waals surface area contributed by atoms with E-state index in [1.807, 2.05) is 0 Å². The van der Waals surface area contributed by atoms with E-state index in [4.69, 9.17) is 23.7 Å². The number of ether oxygens (including phenoxy) is 5. The van der Waals surface area contributed by atoms with Crippen LogP contribution in [0.5, 0.6) is 5.75 Å². The van der Waals surface area contributed by atoms with Crippen molar-refractivity contribution >= 4 is 18.0 Å². The molecule has 3 aliphatic rings. The van der Waals surface area contributed by atoms with Crippen LogP contribution in [-0.2, 0) is 33.3 Å². The van der Waals surface area contributed by atoms with Gasteiger partial charge in [-0.15, -0.1) is 6.58 Å². The van der Waals surface area contributed by atoms with Gasteiger partial charge >= 0.3 is 11.9 Å². The first-order valence-electron chi connectivity index (χ1n) is 11.5. The average molecular weight is 520 g/mol. The zero-order valence-corrected chi connectivity index (χ0v) is 19.6. The molecule has 5 N–H and O–H groups in total. The van der Waals surface area contributed by atoms with Crippen molar-refractivity contribution in [2.75, 3.05) is 13.2 Å². The normalized spacial score (nSPS) is 35.6. The Morgan fingerprint density at radius 2 is 1.92 bits per heavy atom. The number of aliphatic hydroxyl groups is 4. The van der Waals surface area contributed by atoms with Crippen LogP contribution in [0.4, 0.5) is 0 Å². The number of phenolic OH excluding ortho intramolecular Hbond substituents is 1. The van der Waals surface area contributed by atoms with E-state index >= 15 is 0 Å². The summed E-state index contributed by atoms with van der Waals surface area (Å²) in [5.41, 5.74) is -1.21. The van der Waals surface area contributed by atoms with Gasteiger partial charge < -0.3 is 49.2 Å². The van der Waals surface area contributed by atoms with Crippen LogP contribution < -0.4 is 0 Å². The largest absolute Gasteiger partial charge is 0.508 e. The molecule has 12 nitrogen and oxygen atoms in total. The van der Waals surface area contributed by atoms with Crippen molar-refractivity contribution in [2.45, 2.75) is 49.0 Å². The van der Waals surface area contributed by atoms with Gasteiger partial charge in [-0.2, -0.15) is 0 Å². The second kappa shape index (κ2) is 11.0. The van der Waals surface area contributed by atoms with E-state index in [0.29, 0.717) is 5.56 Å². The minimum absolute atomic E-state index is 0.0359. The first-order valence-corrected chi connectivity index (χ1v) is 11.5. The molecule has 0 spiro atoms. The van der Waals surface area contributed by atoms with E-state index in [1.54, 1.807) is 12.1 Å². The van der Waals surface area contributed by atoms with Gasteiger partial charge in [0.25, 0.3) is 0 Å². The number of esters is 2. The minimum atomic E-state index is -1.74. The van der Waals surface area contributed by atoms with Crippen molar-refractivity contribution in [3.8, 4) is 5.75 Å². The molecule has 3 aliphatic heterocycles. The van der Waals surface area contributed by atoms with Gasteiger partial charge in [0, 0.05) is 12.5 Å².